The van der Waals surface area contributed by atoms with E-state index in [2.05, 4.69) is 12.2 Å². The van der Waals surface area contributed by atoms with E-state index in [1.54, 1.807) is 0 Å². The minimum atomic E-state index is 0.600. The Hall–Kier alpha value is -1.22. The van der Waals surface area contributed by atoms with Crippen LogP contribution < -0.4 is 14.8 Å². The van der Waals surface area contributed by atoms with Crippen LogP contribution in [0.2, 0.25) is 0 Å². The van der Waals surface area contributed by atoms with Crippen molar-refractivity contribution in [3.05, 3.63) is 24.3 Å². The fourth-order valence-electron chi connectivity index (χ4n) is 2.92. The van der Waals surface area contributed by atoms with Crippen molar-refractivity contribution < 1.29 is 9.47 Å². The summed E-state index contributed by atoms with van der Waals surface area (Å²) in [5.41, 5.74) is 0. The predicted molar refractivity (Wildman–Crippen MR) is 82.5 cm³/mol. The molecule has 2 rings (SSSR count). The third-order valence-electron chi connectivity index (χ3n) is 4.08. The van der Waals surface area contributed by atoms with Crippen LogP contribution in [0.25, 0.3) is 0 Å². The van der Waals surface area contributed by atoms with Gasteiger partial charge in [-0.1, -0.05) is 25.0 Å². The van der Waals surface area contributed by atoms with Crippen LogP contribution in [0.4, 0.5) is 0 Å². The zero-order chi connectivity index (χ0) is 14.2. The van der Waals surface area contributed by atoms with E-state index in [0.29, 0.717) is 19.3 Å². The van der Waals surface area contributed by atoms with Gasteiger partial charge in [-0.2, -0.15) is 0 Å². The molecule has 1 saturated carbocycles. The van der Waals surface area contributed by atoms with Crippen molar-refractivity contribution in [2.24, 2.45) is 5.92 Å². The highest BCUT2D eigenvalue weighted by molar-refractivity contribution is 5.39. The molecular formula is C17H27NO2. The highest BCUT2D eigenvalue weighted by Crippen LogP contribution is 2.28. The number of rotatable bonds is 8. The summed E-state index contributed by atoms with van der Waals surface area (Å²) < 4.78 is 11.4. The third-order valence-corrected chi connectivity index (χ3v) is 4.08. The molecule has 3 heteroatoms. The molecule has 0 aliphatic heterocycles. The van der Waals surface area contributed by atoms with E-state index >= 15 is 0 Å². The first-order chi connectivity index (χ1) is 9.81. The Kier molecular flexibility index (Phi) is 6.19. The van der Waals surface area contributed by atoms with Crippen molar-refractivity contribution in [1.82, 2.24) is 5.32 Å². The van der Waals surface area contributed by atoms with Gasteiger partial charge in [-0.05, 0) is 44.7 Å². The first-order valence-electron chi connectivity index (χ1n) is 7.89. The highest BCUT2D eigenvalue weighted by Gasteiger charge is 2.20. The summed E-state index contributed by atoms with van der Waals surface area (Å²) in [4.78, 5) is 0. The van der Waals surface area contributed by atoms with Crippen LogP contribution in [-0.2, 0) is 0 Å². The molecule has 0 radical (unpaired) electrons. The molecule has 3 nitrogen and oxygen atoms in total. The molecule has 0 spiro atoms. The molecule has 1 aliphatic carbocycles. The molecule has 112 valence electrons. The van der Waals surface area contributed by atoms with E-state index in [0.717, 1.165) is 24.0 Å². The number of hydrogen-bond donors (Lipinski definition) is 1. The van der Waals surface area contributed by atoms with Gasteiger partial charge in [0.25, 0.3) is 0 Å². The maximum absolute atomic E-state index is 5.82. The molecule has 1 fully saturated rings. The summed E-state index contributed by atoms with van der Waals surface area (Å²) in [7, 11) is 0. The van der Waals surface area contributed by atoms with Crippen molar-refractivity contribution in [2.45, 2.75) is 45.6 Å². The van der Waals surface area contributed by atoms with Gasteiger partial charge >= 0.3 is 0 Å². The minimum absolute atomic E-state index is 0.600. The second-order valence-electron chi connectivity index (χ2n) is 5.52. The summed E-state index contributed by atoms with van der Waals surface area (Å²) in [5.74, 6) is 2.52. The van der Waals surface area contributed by atoms with Crippen LogP contribution in [0, 0.1) is 5.92 Å². The standard InChI is InChI=1S/C17H27NO2/c1-3-19-16-10-6-7-11-17(16)20-13-12-18-14(2)15-8-4-5-9-15/h6-7,10-11,14-15,18H,3-5,8-9,12-13H2,1-2H3. The Bertz CT molecular complexity index is 388. The Balaban J connectivity index is 1.70. The molecule has 0 aromatic heterocycles. The van der Waals surface area contributed by atoms with E-state index in [1.807, 2.05) is 31.2 Å². The maximum atomic E-state index is 5.82. The zero-order valence-corrected chi connectivity index (χ0v) is 12.7. The number of nitrogens with one attached hydrogen (secondary N) is 1. The fourth-order valence-corrected chi connectivity index (χ4v) is 2.92. The van der Waals surface area contributed by atoms with Gasteiger partial charge in [0.1, 0.15) is 6.61 Å². The second-order valence-corrected chi connectivity index (χ2v) is 5.52. The van der Waals surface area contributed by atoms with Crippen molar-refractivity contribution >= 4 is 0 Å². The van der Waals surface area contributed by atoms with Gasteiger partial charge in [-0.3, -0.25) is 0 Å². The first kappa shape index (κ1) is 15.2. The van der Waals surface area contributed by atoms with Crippen LogP contribution in [0.5, 0.6) is 11.5 Å². The van der Waals surface area contributed by atoms with Gasteiger partial charge in [0.15, 0.2) is 11.5 Å². The molecule has 1 N–H and O–H groups in total. The summed E-state index contributed by atoms with van der Waals surface area (Å²) in [6, 6.07) is 8.46. The lowest BCUT2D eigenvalue weighted by atomic mass is 10.00. The van der Waals surface area contributed by atoms with Gasteiger partial charge < -0.3 is 14.8 Å². The monoisotopic (exact) mass is 277 g/mol. The Morgan fingerprint density at radius 3 is 2.45 bits per heavy atom. The Morgan fingerprint density at radius 1 is 1.15 bits per heavy atom. The Labute approximate surface area is 122 Å². The molecule has 1 aliphatic rings. The molecule has 1 atom stereocenters. The van der Waals surface area contributed by atoms with Gasteiger partial charge in [0.2, 0.25) is 0 Å². The van der Waals surface area contributed by atoms with Gasteiger partial charge in [-0.25, -0.2) is 0 Å². The predicted octanol–water partition coefficient (Wildman–Crippen LogP) is 3.63. The lowest BCUT2D eigenvalue weighted by molar-refractivity contribution is 0.265. The first-order valence-corrected chi connectivity index (χ1v) is 7.89. The summed E-state index contributed by atoms with van der Waals surface area (Å²) in [6.45, 7) is 6.52. The van der Waals surface area contributed by atoms with E-state index in [1.165, 1.54) is 25.7 Å². The SMILES string of the molecule is CCOc1ccccc1OCCNC(C)C1CCCC1. The average molecular weight is 277 g/mol. The maximum Gasteiger partial charge on any atom is 0.161 e. The molecule has 0 amide bonds. The molecule has 1 unspecified atom stereocenters. The smallest absolute Gasteiger partial charge is 0.161 e. The number of para-hydroxylation sites is 2. The second kappa shape index (κ2) is 8.15. The van der Waals surface area contributed by atoms with Gasteiger partial charge in [0.05, 0.1) is 6.61 Å². The lowest BCUT2D eigenvalue weighted by Crippen LogP contribution is -2.35. The van der Waals surface area contributed by atoms with Crippen LogP contribution >= 0.6 is 0 Å². The van der Waals surface area contributed by atoms with Crippen molar-refractivity contribution in [2.75, 3.05) is 19.8 Å². The van der Waals surface area contributed by atoms with Crippen LogP contribution in [0.15, 0.2) is 24.3 Å². The molecule has 1 aromatic carbocycles. The quantitative estimate of drug-likeness (QED) is 0.736. The number of benzene rings is 1. The average Bonchev–Trinajstić information content (AvgIpc) is 2.99. The largest absolute Gasteiger partial charge is 0.490 e. The Morgan fingerprint density at radius 2 is 1.80 bits per heavy atom. The highest BCUT2D eigenvalue weighted by atomic mass is 16.5. The number of hydrogen-bond acceptors (Lipinski definition) is 3. The van der Waals surface area contributed by atoms with E-state index in [-0.39, 0.29) is 0 Å². The number of ether oxygens (including phenoxy) is 2. The molecule has 0 saturated heterocycles. The lowest BCUT2D eigenvalue weighted by Gasteiger charge is -2.20. The van der Waals surface area contributed by atoms with Crippen LogP contribution in [0.3, 0.4) is 0 Å². The van der Waals surface area contributed by atoms with E-state index in [4.69, 9.17) is 9.47 Å². The van der Waals surface area contributed by atoms with Gasteiger partial charge in [0, 0.05) is 12.6 Å². The fraction of sp³-hybridized carbons (Fsp3) is 0.647. The summed E-state index contributed by atoms with van der Waals surface area (Å²) >= 11 is 0. The minimum Gasteiger partial charge on any atom is -0.490 e. The molecule has 0 bridgehead atoms. The zero-order valence-electron chi connectivity index (χ0n) is 12.7. The molecule has 1 aromatic rings. The van der Waals surface area contributed by atoms with Crippen molar-refractivity contribution in [1.29, 1.82) is 0 Å². The molecule has 0 heterocycles. The van der Waals surface area contributed by atoms with Crippen LogP contribution in [-0.4, -0.2) is 25.8 Å². The summed E-state index contributed by atoms with van der Waals surface area (Å²) in [6.07, 6.45) is 5.55. The summed E-state index contributed by atoms with van der Waals surface area (Å²) in [5, 5.41) is 3.58. The van der Waals surface area contributed by atoms with Crippen molar-refractivity contribution in [3.63, 3.8) is 0 Å². The van der Waals surface area contributed by atoms with Crippen LogP contribution in [0.1, 0.15) is 39.5 Å². The molecular weight excluding hydrogens is 250 g/mol. The third kappa shape index (κ3) is 4.41. The normalized spacial score (nSPS) is 17.1. The topological polar surface area (TPSA) is 30.5 Å². The molecule has 20 heavy (non-hydrogen) atoms. The van der Waals surface area contributed by atoms with E-state index < -0.39 is 0 Å². The van der Waals surface area contributed by atoms with Crippen molar-refractivity contribution in [3.8, 4) is 11.5 Å². The van der Waals surface area contributed by atoms with Gasteiger partial charge in [-0.15, -0.1) is 0 Å². The van der Waals surface area contributed by atoms with E-state index in [9.17, 15) is 0 Å².